The molecular weight excluding hydrogens is 413 g/mol. The van der Waals surface area contributed by atoms with Gasteiger partial charge in [0.25, 0.3) is 0 Å². The molecule has 0 fully saturated rings. The molecule has 0 spiro atoms. The van der Waals surface area contributed by atoms with E-state index in [2.05, 4.69) is 10.2 Å². The van der Waals surface area contributed by atoms with Gasteiger partial charge in [-0.1, -0.05) is 36.2 Å². The predicted octanol–water partition coefficient (Wildman–Crippen LogP) is 4.64. The molecule has 0 saturated heterocycles. The van der Waals surface area contributed by atoms with Crippen molar-refractivity contribution in [1.29, 1.82) is 0 Å². The molecule has 29 heavy (non-hydrogen) atoms. The number of aldehydes is 1. The second kappa shape index (κ2) is 9.67. The molecule has 1 aromatic heterocycles. The highest BCUT2D eigenvalue weighted by atomic mass is 35.5. The van der Waals surface area contributed by atoms with Gasteiger partial charge in [-0.25, -0.2) is 0 Å². The average molecular weight is 432 g/mol. The molecule has 0 radical (unpaired) electrons. The number of nitrogens with zero attached hydrogens (tertiary/aromatic N) is 3. The molecule has 3 rings (SSSR count). The van der Waals surface area contributed by atoms with Crippen molar-refractivity contribution in [1.82, 2.24) is 14.8 Å². The van der Waals surface area contributed by atoms with E-state index in [1.54, 1.807) is 47.9 Å². The Hall–Kier alpha value is -2.70. The van der Waals surface area contributed by atoms with E-state index in [0.717, 1.165) is 5.56 Å². The average Bonchev–Trinajstić information content (AvgIpc) is 3.22. The Kier molecular flexibility index (Phi) is 7.01. The first-order valence-electron chi connectivity index (χ1n) is 8.99. The van der Waals surface area contributed by atoms with Crippen molar-refractivity contribution in [2.24, 2.45) is 11.8 Å². The maximum atomic E-state index is 12.7. The van der Waals surface area contributed by atoms with E-state index in [0.29, 0.717) is 34.3 Å². The van der Waals surface area contributed by atoms with Crippen LogP contribution in [0.1, 0.15) is 12.5 Å². The number of carbonyl (C=O) groups excluding carboxylic acids is 2. The van der Waals surface area contributed by atoms with Gasteiger partial charge in [0, 0.05) is 22.5 Å². The zero-order valence-electron chi connectivity index (χ0n) is 15.7. The van der Waals surface area contributed by atoms with Gasteiger partial charge in [-0.15, -0.1) is 10.2 Å². The summed E-state index contributed by atoms with van der Waals surface area (Å²) in [7, 11) is 0. The lowest BCUT2D eigenvalue weighted by Gasteiger charge is -2.17. The Morgan fingerprint density at radius 1 is 1.10 bits per heavy atom. The molecule has 0 aliphatic heterocycles. The third-order valence-corrected chi connectivity index (χ3v) is 5.09. The van der Waals surface area contributed by atoms with E-state index in [1.807, 2.05) is 6.07 Å². The van der Waals surface area contributed by atoms with E-state index >= 15 is 0 Å². The summed E-state index contributed by atoms with van der Waals surface area (Å²) in [6, 6.07) is 12.3. The molecule has 6 nitrogen and oxygen atoms in total. The van der Waals surface area contributed by atoms with Crippen molar-refractivity contribution in [3.63, 3.8) is 0 Å². The fourth-order valence-corrected chi connectivity index (χ4v) is 3.31. The van der Waals surface area contributed by atoms with Crippen LogP contribution in [0.25, 0.3) is 0 Å². The SMILES string of the molecule is CC(Cc1ccc(Oc2ccc(Cl)cc2)cc1Cl)C(=O)C(C=O)Cn1cnnc1. The summed E-state index contributed by atoms with van der Waals surface area (Å²) in [5.41, 5.74) is 0.810. The number of benzene rings is 2. The number of carbonyl (C=O) groups is 2. The molecule has 2 atom stereocenters. The first-order chi connectivity index (χ1) is 14.0. The van der Waals surface area contributed by atoms with E-state index in [9.17, 15) is 9.59 Å². The lowest BCUT2D eigenvalue weighted by molar-refractivity contribution is -0.130. The summed E-state index contributed by atoms with van der Waals surface area (Å²) in [6.45, 7) is 2.01. The van der Waals surface area contributed by atoms with Gasteiger partial charge in [0.05, 0.1) is 5.92 Å². The fourth-order valence-electron chi connectivity index (χ4n) is 2.94. The zero-order valence-corrected chi connectivity index (χ0v) is 17.2. The molecule has 0 amide bonds. The third kappa shape index (κ3) is 5.65. The maximum absolute atomic E-state index is 12.7. The Balaban J connectivity index is 1.64. The Morgan fingerprint density at radius 3 is 2.38 bits per heavy atom. The topological polar surface area (TPSA) is 74.1 Å². The van der Waals surface area contributed by atoms with Crippen LogP contribution in [-0.2, 0) is 22.6 Å². The van der Waals surface area contributed by atoms with E-state index < -0.39 is 5.92 Å². The molecule has 0 aliphatic carbocycles. The molecule has 2 unspecified atom stereocenters. The summed E-state index contributed by atoms with van der Waals surface area (Å²) < 4.78 is 7.38. The summed E-state index contributed by atoms with van der Waals surface area (Å²) >= 11 is 12.3. The highest BCUT2D eigenvalue weighted by molar-refractivity contribution is 6.31. The first kappa shape index (κ1) is 21.0. The van der Waals surface area contributed by atoms with Crippen LogP contribution >= 0.6 is 23.2 Å². The van der Waals surface area contributed by atoms with Gasteiger partial charge < -0.3 is 14.1 Å². The van der Waals surface area contributed by atoms with E-state index in [1.165, 1.54) is 12.7 Å². The molecule has 2 aromatic carbocycles. The Bertz CT molecular complexity index is 975. The van der Waals surface area contributed by atoms with Crippen LogP contribution in [-0.4, -0.2) is 26.8 Å². The first-order valence-corrected chi connectivity index (χ1v) is 9.75. The predicted molar refractivity (Wildman–Crippen MR) is 110 cm³/mol. The van der Waals surface area contributed by atoms with Gasteiger partial charge in [-0.2, -0.15) is 0 Å². The Morgan fingerprint density at radius 2 is 1.76 bits per heavy atom. The van der Waals surface area contributed by atoms with Crippen LogP contribution in [0.3, 0.4) is 0 Å². The van der Waals surface area contributed by atoms with Crippen molar-refractivity contribution in [2.45, 2.75) is 19.9 Å². The molecule has 0 N–H and O–H groups in total. The van der Waals surface area contributed by atoms with Crippen molar-refractivity contribution in [2.75, 3.05) is 0 Å². The lowest BCUT2D eigenvalue weighted by Crippen LogP contribution is -2.28. The monoisotopic (exact) mass is 431 g/mol. The van der Waals surface area contributed by atoms with Crippen LogP contribution in [0.15, 0.2) is 55.1 Å². The summed E-state index contributed by atoms with van der Waals surface area (Å²) in [6.07, 6.45) is 4.05. The quantitative estimate of drug-likeness (QED) is 0.364. The van der Waals surface area contributed by atoms with Gasteiger partial charge in [0.2, 0.25) is 0 Å². The minimum atomic E-state index is -0.757. The molecule has 8 heteroatoms. The second-order valence-electron chi connectivity index (χ2n) is 6.72. The number of ether oxygens (including phenoxy) is 1. The van der Waals surface area contributed by atoms with Crippen molar-refractivity contribution in [3.05, 3.63) is 70.7 Å². The molecule has 3 aromatic rings. The van der Waals surface area contributed by atoms with Gasteiger partial charge in [-0.3, -0.25) is 4.79 Å². The van der Waals surface area contributed by atoms with Gasteiger partial charge in [0.1, 0.15) is 36.2 Å². The van der Waals surface area contributed by atoms with Crippen LogP contribution < -0.4 is 4.74 Å². The number of hydrogen-bond donors (Lipinski definition) is 0. The number of Topliss-reactive ketones (excluding diaryl/α,β-unsaturated/α-hetero) is 1. The van der Waals surface area contributed by atoms with E-state index in [4.69, 9.17) is 27.9 Å². The molecule has 150 valence electrons. The van der Waals surface area contributed by atoms with Crippen LogP contribution in [0.2, 0.25) is 10.0 Å². The number of hydrogen-bond acceptors (Lipinski definition) is 5. The zero-order chi connectivity index (χ0) is 20.8. The van der Waals surface area contributed by atoms with Gasteiger partial charge in [0.15, 0.2) is 0 Å². The standard InChI is InChI=1S/C21H19Cl2N3O3/c1-14(21(28)16(11-27)10-26-12-24-25-13-26)8-15-2-5-19(9-20(15)23)29-18-6-3-17(22)4-7-18/h2-7,9,11-14,16H,8,10H2,1H3. The summed E-state index contributed by atoms with van der Waals surface area (Å²) in [5.74, 6) is -0.0521. The maximum Gasteiger partial charge on any atom is 0.147 e. The molecular formula is C21H19Cl2N3O3. The minimum absolute atomic E-state index is 0.147. The van der Waals surface area contributed by atoms with Crippen LogP contribution in [0.4, 0.5) is 0 Å². The van der Waals surface area contributed by atoms with Crippen molar-refractivity contribution in [3.8, 4) is 11.5 Å². The minimum Gasteiger partial charge on any atom is -0.457 e. The Labute approximate surface area is 178 Å². The highest BCUT2D eigenvalue weighted by Gasteiger charge is 2.24. The highest BCUT2D eigenvalue weighted by Crippen LogP contribution is 2.29. The third-order valence-electron chi connectivity index (χ3n) is 4.49. The molecule has 0 bridgehead atoms. The fraction of sp³-hybridized carbons (Fsp3) is 0.238. The molecule has 0 aliphatic rings. The number of rotatable bonds is 9. The number of halogens is 2. The van der Waals surface area contributed by atoms with Crippen LogP contribution in [0.5, 0.6) is 11.5 Å². The second-order valence-corrected chi connectivity index (χ2v) is 7.56. The smallest absolute Gasteiger partial charge is 0.147 e. The van der Waals surface area contributed by atoms with Gasteiger partial charge >= 0.3 is 0 Å². The van der Waals surface area contributed by atoms with Crippen molar-refractivity contribution >= 4 is 35.3 Å². The molecule has 0 saturated carbocycles. The number of ketones is 1. The lowest BCUT2D eigenvalue weighted by atomic mass is 9.90. The summed E-state index contributed by atoms with van der Waals surface area (Å²) in [4.78, 5) is 24.1. The molecule has 1 heterocycles. The van der Waals surface area contributed by atoms with Gasteiger partial charge in [-0.05, 0) is 48.4 Å². The normalized spacial score (nSPS) is 12.9. The number of aromatic nitrogens is 3. The van der Waals surface area contributed by atoms with E-state index in [-0.39, 0.29) is 18.2 Å². The van der Waals surface area contributed by atoms with Crippen molar-refractivity contribution < 1.29 is 14.3 Å². The van der Waals surface area contributed by atoms with Crippen LogP contribution in [0, 0.1) is 11.8 Å². The summed E-state index contributed by atoms with van der Waals surface area (Å²) in [5, 5.41) is 8.50. The largest absolute Gasteiger partial charge is 0.457 e.